The van der Waals surface area contributed by atoms with Gasteiger partial charge in [-0.25, -0.2) is 8.78 Å². The lowest BCUT2D eigenvalue weighted by atomic mass is 9.97. The molecular weight excluding hydrogens is 697 g/mol. The van der Waals surface area contributed by atoms with Crippen molar-refractivity contribution in [2.45, 2.75) is 48.7 Å². The number of benzene rings is 3. The number of nitrogens with one attached hydrogen (secondary N) is 1. The molecule has 1 amide bonds. The predicted molar refractivity (Wildman–Crippen MR) is 152 cm³/mol. The van der Waals surface area contributed by atoms with Crippen molar-refractivity contribution < 1.29 is 54.2 Å². The van der Waals surface area contributed by atoms with Crippen LogP contribution in [0.15, 0.2) is 54.6 Å². The number of rotatable bonds is 10. The number of carbonyl (C=O) groups is 3. The summed E-state index contributed by atoms with van der Waals surface area (Å²) in [4.78, 5) is 38.3. The largest absolute Gasteiger partial charge is 0.523 e. The molecule has 3 aromatic rings. The SMILES string of the molecule is CC(OC(F)(F)F)C(=O)Cc1c(F)ccc(CC(=O)c2cc(NC(=O)[C@H]3[C@H](c4cccc(C(F)(F)F)c4)C3(Cl)Cl)ccc2Cl)c1F. The molecule has 0 aliphatic heterocycles. The van der Waals surface area contributed by atoms with Gasteiger partial charge in [0.2, 0.25) is 5.91 Å². The average Bonchev–Trinajstić information content (AvgIpc) is 3.53. The second-order valence-corrected chi connectivity index (χ2v) is 12.2. The standard InChI is InChI=1S/C30H20Cl3F8NO4/c1-13(46-30(39,40)41)22(43)12-19-21(34)8-5-15(26(19)35)10-23(44)18-11-17(6-7-20(18)31)42-27(45)25-24(28(25,32)33)14-3-2-4-16(9-14)29(36,37)38/h2-9,11,13,24-25H,10,12H2,1H3,(H,42,45)/t13?,24-,25+/m0/s1. The van der Waals surface area contributed by atoms with Crippen LogP contribution in [-0.2, 0) is 33.3 Å². The first kappa shape index (κ1) is 35.6. The Bertz CT molecular complexity index is 1690. The summed E-state index contributed by atoms with van der Waals surface area (Å²) in [6.45, 7) is 0.766. The lowest BCUT2D eigenvalue weighted by molar-refractivity contribution is -0.335. The number of amides is 1. The molecule has 4 rings (SSSR count). The number of ketones is 2. The molecule has 1 unspecified atom stereocenters. The number of carbonyl (C=O) groups excluding carboxylic acids is 3. The van der Waals surface area contributed by atoms with E-state index in [1.54, 1.807) is 0 Å². The van der Waals surface area contributed by atoms with Crippen LogP contribution in [0.3, 0.4) is 0 Å². The van der Waals surface area contributed by atoms with Crippen molar-refractivity contribution in [3.05, 3.63) is 99.1 Å². The highest BCUT2D eigenvalue weighted by molar-refractivity contribution is 6.53. The van der Waals surface area contributed by atoms with Crippen molar-refractivity contribution in [1.82, 2.24) is 0 Å². The first-order chi connectivity index (χ1) is 21.2. The topological polar surface area (TPSA) is 72.5 Å². The number of anilines is 1. The molecule has 0 radical (unpaired) electrons. The van der Waals surface area contributed by atoms with E-state index in [1.165, 1.54) is 18.2 Å². The van der Waals surface area contributed by atoms with Gasteiger partial charge in [0.15, 0.2) is 11.6 Å². The average molecular weight is 717 g/mol. The van der Waals surface area contributed by atoms with E-state index in [-0.39, 0.29) is 21.8 Å². The summed E-state index contributed by atoms with van der Waals surface area (Å²) in [6, 6.07) is 9.50. The zero-order valence-corrected chi connectivity index (χ0v) is 25.4. The molecule has 0 aromatic heterocycles. The van der Waals surface area contributed by atoms with Gasteiger partial charge in [-0.15, -0.1) is 36.4 Å². The predicted octanol–water partition coefficient (Wildman–Crippen LogP) is 8.62. The van der Waals surface area contributed by atoms with Gasteiger partial charge in [-0.05, 0) is 48.4 Å². The number of alkyl halides is 8. The highest BCUT2D eigenvalue weighted by Crippen LogP contribution is 2.65. The van der Waals surface area contributed by atoms with Crippen LogP contribution in [0.4, 0.5) is 40.8 Å². The molecule has 5 nitrogen and oxygen atoms in total. The molecule has 1 saturated carbocycles. The van der Waals surface area contributed by atoms with Crippen LogP contribution in [0, 0.1) is 17.6 Å². The van der Waals surface area contributed by atoms with Gasteiger partial charge in [0.05, 0.1) is 16.5 Å². The third-order valence-electron chi connectivity index (χ3n) is 7.18. The number of hydrogen-bond donors (Lipinski definition) is 1. The third-order valence-corrected chi connectivity index (χ3v) is 8.45. The normalized spacial score (nSPS) is 18.2. The number of hydrogen-bond acceptors (Lipinski definition) is 4. The van der Waals surface area contributed by atoms with Crippen molar-refractivity contribution >= 4 is 58.0 Å². The van der Waals surface area contributed by atoms with E-state index in [0.717, 1.165) is 43.3 Å². The van der Waals surface area contributed by atoms with E-state index < -0.39 is 93.5 Å². The summed E-state index contributed by atoms with van der Waals surface area (Å²) in [6.07, 6.45) is -13.7. The lowest BCUT2D eigenvalue weighted by Gasteiger charge is -2.15. The number of Topliss-reactive ketones (excluding diaryl/α,β-unsaturated/α-hetero) is 2. The smallest absolute Gasteiger partial charge is 0.326 e. The molecule has 1 aliphatic carbocycles. The summed E-state index contributed by atoms with van der Waals surface area (Å²) >= 11 is 18.7. The minimum Gasteiger partial charge on any atom is -0.326 e. The maximum Gasteiger partial charge on any atom is 0.523 e. The number of ether oxygens (including phenoxy) is 1. The minimum absolute atomic E-state index is 0.00101. The Morgan fingerprint density at radius 3 is 2.26 bits per heavy atom. The Morgan fingerprint density at radius 1 is 0.957 bits per heavy atom. The number of halogens is 11. The van der Waals surface area contributed by atoms with E-state index in [1.807, 2.05) is 0 Å². The first-order valence-electron chi connectivity index (χ1n) is 13.1. The van der Waals surface area contributed by atoms with Crippen LogP contribution in [0.2, 0.25) is 5.02 Å². The van der Waals surface area contributed by atoms with E-state index in [2.05, 4.69) is 10.1 Å². The molecule has 1 N–H and O–H groups in total. The van der Waals surface area contributed by atoms with Crippen LogP contribution in [-0.4, -0.2) is 34.3 Å². The van der Waals surface area contributed by atoms with Gasteiger partial charge >= 0.3 is 12.5 Å². The highest BCUT2D eigenvalue weighted by atomic mass is 35.5. The Hall–Kier alpha value is -3.26. The van der Waals surface area contributed by atoms with Crippen LogP contribution < -0.4 is 5.32 Å². The summed E-state index contributed by atoms with van der Waals surface area (Å²) < 4.78 is 108. The van der Waals surface area contributed by atoms with Gasteiger partial charge in [-0.1, -0.05) is 35.9 Å². The molecule has 0 bridgehead atoms. The van der Waals surface area contributed by atoms with E-state index in [9.17, 15) is 45.1 Å². The highest BCUT2D eigenvalue weighted by Gasteiger charge is 2.67. The second kappa shape index (κ2) is 13.1. The van der Waals surface area contributed by atoms with Gasteiger partial charge < -0.3 is 5.32 Å². The Morgan fingerprint density at radius 2 is 1.63 bits per heavy atom. The Labute approximate surface area is 270 Å². The summed E-state index contributed by atoms with van der Waals surface area (Å²) in [5.74, 6) is -7.61. The Balaban J connectivity index is 1.49. The van der Waals surface area contributed by atoms with Crippen LogP contribution in [0.25, 0.3) is 0 Å². The van der Waals surface area contributed by atoms with Gasteiger partial charge in [-0.2, -0.15) is 13.2 Å². The monoisotopic (exact) mass is 715 g/mol. The van der Waals surface area contributed by atoms with Crippen molar-refractivity contribution in [2.24, 2.45) is 5.92 Å². The molecule has 1 fully saturated rings. The van der Waals surface area contributed by atoms with Crippen molar-refractivity contribution in [2.75, 3.05) is 5.32 Å². The Kier molecular flexibility index (Phi) is 10.1. The molecule has 0 saturated heterocycles. The maximum absolute atomic E-state index is 15.2. The van der Waals surface area contributed by atoms with E-state index >= 15 is 4.39 Å². The lowest BCUT2D eigenvalue weighted by Crippen LogP contribution is -2.30. The molecule has 3 atom stereocenters. The maximum atomic E-state index is 15.2. The van der Waals surface area contributed by atoms with Gasteiger partial charge in [0.25, 0.3) is 0 Å². The van der Waals surface area contributed by atoms with Gasteiger partial charge in [0.1, 0.15) is 22.1 Å². The van der Waals surface area contributed by atoms with Gasteiger partial charge in [0, 0.05) is 35.6 Å². The van der Waals surface area contributed by atoms with E-state index in [0.29, 0.717) is 0 Å². The quantitative estimate of drug-likeness (QED) is 0.130. The minimum atomic E-state index is -5.16. The zero-order valence-electron chi connectivity index (χ0n) is 23.1. The molecular formula is C30H20Cl3F8NO4. The second-order valence-electron chi connectivity index (χ2n) is 10.4. The fraction of sp³-hybridized carbons (Fsp3) is 0.300. The van der Waals surface area contributed by atoms with Crippen molar-refractivity contribution in [1.29, 1.82) is 0 Å². The molecule has 246 valence electrons. The first-order valence-corrected chi connectivity index (χ1v) is 14.3. The summed E-state index contributed by atoms with van der Waals surface area (Å²) in [5, 5.41) is 2.34. The van der Waals surface area contributed by atoms with Crippen molar-refractivity contribution in [3.8, 4) is 0 Å². The molecule has 46 heavy (non-hydrogen) atoms. The van der Waals surface area contributed by atoms with Crippen LogP contribution in [0.1, 0.15) is 45.5 Å². The van der Waals surface area contributed by atoms with Crippen molar-refractivity contribution in [3.63, 3.8) is 0 Å². The van der Waals surface area contributed by atoms with Gasteiger partial charge in [-0.3, -0.25) is 19.1 Å². The molecule has 16 heteroatoms. The molecule has 1 aliphatic rings. The fourth-order valence-electron chi connectivity index (χ4n) is 4.81. The molecule has 3 aromatic carbocycles. The van der Waals surface area contributed by atoms with E-state index in [4.69, 9.17) is 34.8 Å². The van der Waals surface area contributed by atoms with Crippen LogP contribution >= 0.6 is 34.8 Å². The van der Waals surface area contributed by atoms with Crippen LogP contribution in [0.5, 0.6) is 0 Å². The summed E-state index contributed by atoms with van der Waals surface area (Å²) in [7, 11) is 0. The fourth-order valence-corrected chi connectivity index (χ4v) is 5.86. The summed E-state index contributed by atoms with van der Waals surface area (Å²) in [5.41, 5.74) is -2.37. The molecule has 0 heterocycles. The molecule has 0 spiro atoms. The third kappa shape index (κ3) is 7.99. The zero-order chi connectivity index (χ0) is 34.4.